The van der Waals surface area contributed by atoms with Crippen LogP contribution in [0, 0.1) is 11.6 Å². The van der Waals surface area contributed by atoms with Gasteiger partial charge in [0.2, 0.25) is 5.91 Å². The zero-order valence-corrected chi connectivity index (χ0v) is 17.0. The molecule has 1 unspecified atom stereocenters. The van der Waals surface area contributed by atoms with E-state index in [1.54, 1.807) is 22.4 Å². The Balaban J connectivity index is 1.42. The molecule has 1 N–H and O–H groups in total. The molecule has 30 heavy (non-hydrogen) atoms. The molecule has 0 bridgehead atoms. The fourth-order valence-corrected chi connectivity index (χ4v) is 4.34. The largest absolute Gasteiger partial charge is 0.335 e. The first-order valence-electron chi connectivity index (χ1n) is 9.50. The Morgan fingerprint density at radius 3 is 2.83 bits per heavy atom. The molecule has 0 spiro atoms. The van der Waals surface area contributed by atoms with Crippen LogP contribution >= 0.6 is 11.3 Å². The highest BCUT2D eigenvalue weighted by molar-refractivity contribution is 7.14. The number of nitrogens with zero attached hydrogens (tertiary/aromatic N) is 2. The molecule has 0 aliphatic carbocycles. The lowest BCUT2D eigenvalue weighted by Crippen LogP contribution is -2.39. The SMILES string of the molecule is CC1c2cc(F)ccc2CCN1C(=O)Cc1csc(NC(=O)c2ccccc2F)n1. The van der Waals surface area contributed by atoms with Gasteiger partial charge < -0.3 is 4.90 Å². The summed E-state index contributed by atoms with van der Waals surface area (Å²) in [6.07, 6.45) is 0.744. The minimum Gasteiger partial charge on any atom is -0.335 e. The van der Waals surface area contributed by atoms with Gasteiger partial charge in [-0.05, 0) is 48.7 Å². The third-order valence-corrected chi connectivity index (χ3v) is 6.00. The number of amides is 2. The first-order chi connectivity index (χ1) is 14.4. The van der Waals surface area contributed by atoms with Gasteiger partial charge in [-0.1, -0.05) is 18.2 Å². The van der Waals surface area contributed by atoms with Crippen LogP contribution in [0.25, 0.3) is 0 Å². The number of nitrogens with one attached hydrogen (secondary N) is 1. The molecule has 0 saturated carbocycles. The number of hydrogen-bond donors (Lipinski definition) is 1. The number of anilines is 1. The van der Waals surface area contributed by atoms with Gasteiger partial charge in [0.1, 0.15) is 11.6 Å². The molecule has 1 aliphatic heterocycles. The number of rotatable bonds is 4. The molecule has 154 valence electrons. The van der Waals surface area contributed by atoms with E-state index in [0.29, 0.717) is 23.8 Å². The summed E-state index contributed by atoms with van der Waals surface area (Å²) < 4.78 is 27.4. The minimum atomic E-state index is -0.613. The molecule has 0 saturated heterocycles. The highest BCUT2D eigenvalue weighted by atomic mass is 32.1. The van der Waals surface area contributed by atoms with Crippen molar-refractivity contribution in [3.05, 3.63) is 81.9 Å². The van der Waals surface area contributed by atoms with Crippen LogP contribution in [0.5, 0.6) is 0 Å². The summed E-state index contributed by atoms with van der Waals surface area (Å²) in [7, 11) is 0. The van der Waals surface area contributed by atoms with Crippen molar-refractivity contribution in [2.45, 2.75) is 25.8 Å². The zero-order valence-electron chi connectivity index (χ0n) is 16.2. The topological polar surface area (TPSA) is 62.3 Å². The molecule has 4 rings (SSSR count). The zero-order chi connectivity index (χ0) is 21.3. The maximum Gasteiger partial charge on any atom is 0.260 e. The number of benzene rings is 2. The van der Waals surface area contributed by atoms with Crippen molar-refractivity contribution in [3.8, 4) is 0 Å². The fourth-order valence-electron chi connectivity index (χ4n) is 3.64. The van der Waals surface area contributed by atoms with Gasteiger partial charge in [0.25, 0.3) is 5.91 Å². The fraction of sp³-hybridized carbons (Fsp3) is 0.227. The van der Waals surface area contributed by atoms with Gasteiger partial charge in [0, 0.05) is 11.9 Å². The Bertz CT molecular complexity index is 1120. The summed E-state index contributed by atoms with van der Waals surface area (Å²) in [5, 5.41) is 4.55. The number of aromatic nitrogens is 1. The van der Waals surface area contributed by atoms with Crippen LogP contribution in [-0.4, -0.2) is 28.2 Å². The Labute approximate surface area is 176 Å². The predicted octanol–water partition coefficient (Wildman–Crippen LogP) is 4.36. The first-order valence-corrected chi connectivity index (χ1v) is 10.4. The second kappa shape index (κ2) is 8.31. The average Bonchev–Trinajstić information content (AvgIpc) is 3.15. The van der Waals surface area contributed by atoms with Crippen molar-refractivity contribution >= 4 is 28.3 Å². The van der Waals surface area contributed by atoms with E-state index in [1.165, 1.54) is 41.7 Å². The molecule has 3 aromatic rings. The van der Waals surface area contributed by atoms with Crippen LogP contribution in [0.2, 0.25) is 0 Å². The van der Waals surface area contributed by atoms with Crippen molar-refractivity contribution in [1.82, 2.24) is 9.88 Å². The minimum absolute atomic E-state index is 0.0705. The monoisotopic (exact) mass is 427 g/mol. The molecule has 8 heteroatoms. The van der Waals surface area contributed by atoms with Gasteiger partial charge in [-0.15, -0.1) is 11.3 Å². The van der Waals surface area contributed by atoms with E-state index in [1.807, 2.05) is 6.92 Å². The van der Waals surface area contributed by atoms with Gasteiger partial charge in [-0.2, -0.15) is 0 Å². The standard InChI is InChI=1S/C22H19F2N3O2S/c1-13-18-10-15(23)7-6-14(18)8-9-27(13)20(28)11-16-12-30-22(25-16)26-21(29)17-4-2-3-5-19(17)24/h2-7,10,12-13H,8-9,11H2,1H3,(H,25,26,29). The molecular weight excluding hydrogens is 408 g/mol. The summed E-state index contributed by atoms with van der Waals surface area (Å²) in [5.74, 6) is -1.64. The molecule has 5 nitrogen and oxygen atoms in total. The summed E-state index contributed by atoms with van der Waals surface area (Å²) in [4.78, 5) is 31.0. The summed E-state index contributed by atoms with van der Waals surface area (Å²) in [5.41, 5.74) is 2.33. The molecule has 0 radical (unpaired) electrons. The van der Waals surface area contributed by atoms with Crippen LogP contribution in [0.4, 0.5) is 13.9 Å². The molecule has 2 aromatic carbocycles. The first kappa shape index (κ1) is 20.2. The van der Waals surface area contributed by atoms with Crippen LogP contribution in [0.3, 0.4) is 0 Å². The summed E-state index contributed by atoms with van der Waals surface area (Å²) >= 11 is 1.17. The normalized spacial score (nSPS) is 15.6. The number of carbonyl (C=O) groups is 2. The van der Waals surface area contributed by atoms with E-state index in [2.05, 4.69) is 10.3 Å². The molecule has 1 aromatic heterocycles. The second-order valence-electron chi connectivity index (χ2n) is 7.11. The Kier molecular flexibility index (Phi) is 5.59. The van der Waals surface area contributed by atoms with E-state index in [9.17, 15) is 18.4 Å². The Hall–Kier alpha value is -3.13. The van der Waals surface area contributed by atoms with Crippen LogP contribution in [0.1, 0.15) is 40.1 Å². The van der Waals surface area contributed by atoms with Crippen molar-refractivity contribution in [1.29, 1.82) is 0 Å². The lowest BCUT2D eigenvalue weighted by molar-refractivity contribution is -0.133. The van der Waals surface area contributed by atoms with E-state index in [0.717, 1.165) is 11.1 Å². The van der Waals surface area contributed by atoms with Gasteiger partial charge in [0.05, 0.1) is 23.7 Å². The van der Waals surface area contributed by atoms with E-state index >= 15 is 0 Å². The van der Waals surface area contributed by atoms with Gasteiger partial charge in [-0.25, -0.2) is 13.8 Å². The number of halogens is 2. The predicted molar refractivity (Wildman–Crippen MR) is 110 cm³/mol. The maximum absolute atomic E-state index is 13.7. The second-order valence-corrected chi connectivity index (χ2v) is 7.97. The molecule has 1 aliphatic rings. The molecule has 2 amide bonds. The highest BCUT2D eigenvalue weighted by Gasteiger charge is 2.28. The lowest BCUT2D eigenvalue weighted by atomic mass is 9.93. The maximum atomic E-state index is 13.7. The van der Waals surface area contributed by atoms with Gasteiger partial charge in [0.15, 0.2) is 5.13 Å². The van der Waals surface area contributed by atoms with Crippen LogP contribution in [-0.2, 0) is 17.6 Å². The number of thiazole rings is 1. The van der Waals surface area contributed by atoms with E-state index in [4.69, 9.17) is 0 Å². The van der Waals surface area contributed by atoms with Crippen molar-refractivity contribution in [2.24, 2.45) is 0 Å². The smallest absolute Gasteiger partial charge is 0.260 e. The molecule has 0 fully saturated rings. The summed E-state index contributed by atoms with van der Waals surface area (Å²) in [6.45, 7) is 2.44. The third-order valence-electron chi connectivity index (χ3n) is 5.19. The highest BCUT2D eigenvalue weighted by Crippen LogP contribution is 2.30. The van der Waals surface area contributed by atoms with E-state index in [-0.39, 0.29) is 29.8 Å². The number of carbonyl (C=O) groups excluding carboxylic acids is 2. The number of fused-ring (bicyclic) bond motifs is 1. The van der Waals surface area contributed by atoms with Gasteiger partial charge >= 0.3 is 0 Å². The molecule has 1 atom stereocenters. The summed E-state index contributed by atoms with van der Waals surface area (Å²) in [6, 6.07) is 10.2. The lowest BCUT2D eigenvalue weighted by Gasteiger charge is -2.35. The Morgan fingerprint density at radius 2 is 2.03 bits per heavy atom. The van der Waals surface area contributed by atoms with Crippen molar-refractivity contribution < 1.29 is 18.4 Å². The average molecular weight is 427 g/mol. The van der Waals surface area contributed by atoms with Crippen molar-refractivity contribution in [3.63, 3.8) is 0 Å². The van der Waals surface area contributed by atoms with Crippen molar-refractivity contribution in [2.75, 3.05) is 11.9 Å². The van der Waals surface area contributed by atoms with Crippen LogP contribution in [0.15, 0.2) is 47.8 Å². The third kappa shape index (κ3) is 4.09. The molecule has 2 heterocycles. The Morgan fingerprint density at radius 1 is 1.23 bits per heavy atom. The quantitative estimate of drug-likeness (QED) is 0.673. The van der Waals surface area contributed by atoms with Gasteiger partial charge in [-0.3, -0.25) is 14.9 Å². The molecular formula is C22H19F2N3O2S. The van der Waals surface area contributed by atoms with E-state index < -0.39 is 11.7 Å². The number of hydrogen-bond acceptors (Lipinski definition) is 4. The van der Waals surface area contributed by atoms with Crippen LogP contribution < -0.4 is 5.32 Å².